The first-order chi connectivity index (χ1) is 8.29. The van der Waals surface area contributed by atoms with Gasteiger partial charge in [-0.15, -0.1) is 0 Å². The zero-order valence-corrected chi connectivity index (χ0v) is 11.3. The molecule has 2 N–H and O–H groups in total. The van der Waals surface area contributed by atoms with Crippen molar-refractivity contribution in [1.29, 1.82) is 0 Å². The number of hydrogen-bond acceptors (Lipinski definition) is 6. The summed E-state index contributed by atoms with van der Waals surface area (Å²) in [6.45, 7) is 2.86. The van der Waals surface area contributed by atoms with E-state index >= 15 is 0 Å². The molecule has 0 aliphatic carbocycles. The summed E-state index contributed by atoms with van der Waals surface area (Å²) in [5, 5.41) is 7.97. The molecule has 17 heavy (non-hydrogen) atoms. The summed E-state index contributed by atoms with van der Waals surface area (Å²) in [4.78, 5) is 4.35. The molecule has 0 radical (unpaired) electrons. The van der Waals surface area contributed by atoms with E-state index in [0.29, 0.717) is 17.6 Å². The minimum atomic E-state index is 0.527. The van der Waals surface area contributed by atoms with Gasteiger partial charge in [0.25, 0.3) is 0 Å². The molecule has 2 heterocycles. The zero-order chi connectivity index (χ0) is 12.1. The van der Waals surface area contributed by atoms with Crippen molar-refractivity contribution in [3.8, 4) is 11.4 Å². The van der Waals surface area contributed by atoms with Crippen LogP contribution in [-0.4, -0.2) is 22.4 Å². The molecule has 0 aliphatic heterocycles. The molecule has 1 atom stereocenters. The summed E-state index contributed by atoms with van der Waals surface area (Å²) in [7, 11) is 0. The van der Waals surface area contributed by atoms with Gasteiger partial charge in [-0.25, -0.2) is 0 Å². The van der Waals surface area contributed by atoms with Crippen molar-refractivity contribution in [2.24, 2.45) is 11.7 Å². The van der Waals surface area contributed by atoms with Crippen molar-refractivity contribution in [3.63, 3.8) is 0 Å². The monoisotopic (exact) mass is 269 g/mol. The second-order valence-electron chi connectivity index (χ2n) is 3.88. The van der Waals surface area contributed by atoms with Crippen LogP contribution in [-0.2, 0) is 5.75 Å². The maximum absolute atomic E-state index is 5.56. The summed E-state index contributed by atoms with van der Waals surface area (Å²) in [5.74, 6) is 3.65. The van der Waals surface area contributed by atoms with Crippen LogP contribution in [0.5, 0.6) is 0 Å². The first-order valence-corrected chi connectivity index (χ1v) is 7.52. The van der Waals surface area contributed by atoms with E-state index in [1.807, 2.05) is 16.8 Å². The fourth-order valence-corrected chi connectivity index (χ4v) is 2.82. The molecular formula is C11H15N3OS2. The molecule has 4 nitrogen and oxygen atoms in total. The summed E-state index contributed by atoms with van der Waals surface area (Å²) in [6, 6.07) is 1.99. The smallest absolute Gasteiger partial charge is 0.236 e. The van der Waals surface area contributed by atoms with Crippen LogP contribution in [0.2, 0.25) is 0 Å². The summed E-state index contributed by atoms with van der Waals surface area (Å²) < 4.78 is 5.20. The topological polar surface area (TPSA) is 64.9 Å². The highest BCUT2D eigenvalue weighted by atomic mass is 32.2. The van der Waals surface area contributed by atoms with Gasteiger partial charge in [-0.1, -0.05) is 12.1 Å². The lowest BCUT2D eigenvalue weighted by Gasteiger charge is -2.05. The first-order valence-electron chi connectivity index (χ1n) is 5.42. The fraction of sp³-hybridized carbons (Fsp3) is 0.455. The van der Waals surface area contributed by atoms with Gasteiger partial charge in [0.15, 0.2) is 0 Å². The predicted octanol–water partition coefficient (Wildman–Crippen LogP) is 2.63. The lowest BCUT2D eigenvalue weighted by atomic mass is 10.2. The third kappa shape index (κ3) is 3.55. The number of hydrogen-bond donors (Lipinski definition) is 1. The van der Waals surface area contributed by atoms with Gasteiger partial charge in [-0.2, -0.15) is 28.1 Å². The lowest BCUT2D eigenvalue weighted by molar-refractivity contribution is 0.391. The normalized spacial score (nSPS) is 12.8. The summed E-state index contributed by atoms with van der Waals surface area (Å²) in [6.07, 6.45) is 0. The van der Waals surface area contributed by atoms with E-state index in [1.54, 1.807) is 23.1 Å². The number of nitrogens with two attached hydrogens (primary N) is 1. The molecule has 2 rings (SSSR count). The average molecular weight is 269 g/mol. The molecule has 92 valence electrons. The summed E-state index contributed by atoms with van der Waals surface area (Å²) in [5.41, 5.74) is 6.58. The van der Waals surface area contributed by atoms with Gasteiger partial charge in [0, 0.05) is 10.9 Å². The Labute approximate surface area is 109 Å². The van der Waals surface area contributed by atoms with Gasteiger partial charge in [-0.3, -0.25) is 0 Å². The van der Waals surface area contributed by atoms with Crippen LogP contribution in [0.4, 0.5) is 0 Å². The van der Waals surface area contributed by atoms with Crippen molar-refractivity contribution in [3.05, 3.63) is 22.7 Å². The molecule has 0 aliphatic rings. The van der Waals surface area contributed by atoms with Crippen LogP contribution >= 0.6 is 23.1 Å². The van der Waals surface area contributed by atoms with E-state index in [9.17, 15) is 0 Å². The molecule has 1 unspecified atom stereocenters. The van der Waals surface area contributed by atoms with Crippen LogP contribution in [0.1, 0.15) is 12.8 Å². The van der Waals surface area contributed by atoms with E-state index in [-0.39, 0.29) is 0 Å². The molecule has 6 heteroatoms. The molecule has 0 bridgehead atoms. The van der Waals surface area contributed by atoms with Gasteiger partial charge < -0.3 is 10.3 Å². The molecule has 0 saturated carbocycles. The molecule has 0 saturated heterocycles. The number of rotatable bonds is 6. The minimum Gasteiger partial charge on any atom is -0.338 e. The highest BCUT2D eigenvalue weighted by Crippen LogP contribution is 2.20. The Hall–Kier alpha value is -0.850. The van der Waals surface area contributed by atoms with Crippen LogP contribution in [0.25, 0.3) is 11.4 Å². The van der Waals surface area contributed by atoms with E-state index in [0.717, 1.165) is 23.6 Å². The summed E-state index contributed by atoms with van der Waals surface area (Å²) >= 11 is 3.40. The Balaban J connectivity index is 1.87. The van der Waals surface area contributed by atoms with Crippen molar-refractivity contribution in [2.75, 3.05) is 12.3 Å². The van der Waals surface area contributed by atoms with Crippen molar-refractivity contribution < 1.29 is 4.52 Å². The number of aromatic nitrogens is 2. The predicted molar refractivity (Wildman–Crippen MR) is 72.0 cm³/mol. The van der Waals surface area contributed by atoms with Gasteiger partial charge >= 0.3 is 0 Å². The van der Waals surface area contributed by atoms with Crippen molar-refractivity contribution in [1.82, 2.24) is 10.1 Å². The Morgan fingerprint density at radius 3 is 3.18 bits per heavy atom. The molecule has 2 aromatic rings. The number of thioether (sulfide) groups is 1. The third-order valence-corrected chi connectivity index (χ3v) is 4.22. The Morgan fingerprint density at radius 2 is 2.47 bits per heavy atom. The third-order valence-electron chi connectivity index (χ3n) is 2.28. The Kier molecular flexibility index (Phi) is 4.58. The quantitative estimate of drug-likeness (QED) is 0.873. The molecule has 0 aromatic carbocycles. The molecule has 0 spiro atoms. The Bertz CT molecular complexity index is 441. The van der Waals surface area contributed by atoms with Crippen LogP contribution in [0.3, 0.4) is 0 Å². The largest absolute Gasteiger partial charge is 0.338 e. The van der Waals surface area contributed by atoms with Gasteiger partial charge in [0.1, 0.15) is 0 Å². The molecular weight excluding hydrogens is 254 g/mol. The van der Waals surface area contributed by atoms with Crippen LogP contribution in [0.15, 0.2) is 21.3 Å². The van der Waals surface area contributed by atoms with E-state index in [1.165, 1.54) is 0 Å². The van der Waals surface area contributed by atoms with Crippen molar-refractivity contribution in [2.45, 2.75) is 12.7 Å². The van der Waals surface area contributed by atoms with E-state index < -0.39 is 0 Å². The maximum Gasteiger partial charge on any atom is 0.236 e. The van der Waals surface area contributed by atoms with Gasteiger partial charge in [-0.05, 0) is 29.7 Å². The molecule has 2 aromatic heterocycles. The number of nitrogens with zero attached hydrogens (tertiary/aromatic N) is 2. The van der Waals surface area contributed by atoms with E-state index in [4.69, 9.17) is 10.3 Å². The Morgan fingerprint density at radius 1 is 1.59 bits per heavy atom. The number of thiophene rings is 1. The van der Waals surface area contributed by atoms with Gasteiger partial charge in [0.2, 0.25) is 11.7 Å². The van der Waals surface area contributed by atoms with Gasteiger partial charge in [0.05, 0.1) is 5.75 Å². The van der Waals surface area contributed by atoms with E-state index in [2.05, 4.69) is 17.1 Å². The molecule has 0 amide bonds. The fourth-order valence-electron chi connectivity index (χ4n) is 1.24. The SMILES string of the molecule is CC(CN)CSCc1nc(-c2ccsc2)no1. The van der Waals surface area contributed by atoms with Crippen molar-refractivity contribution >= 4 is 23.1 Å². The highest BCUT2D eigenvalue weighted by Gasteiger charge is 2.09. The first kappa shape index (κ1) is 12.6. The standard InChI is InChI=1S/C11H15N3OS2/c1-8(4-12)5-17-7-10-13-11(14-15-10)9-2-3-16-6-9/h2-3,6,8H,4-5,7,12H2,1H3. The highest BCUT2D eigenvalue weighted by molar-refractivity contribution is 7.98. The van der Waals surface area contributed by atoms with Crippen LogP contribution < -0.4 is 5.73 Å². The van der Waals surface area contributed by atoms with Crippen LogP contribution in [0, 0.1) is 5.92 Å². The lowest BCUT2D eigenvalue weighted by Crippen LogP contribution is -2.12. The second kappa shape index (κ2) is 6.18. The average Bonchev–Trinajstić information content (AvgIpc) is 2.98. The molecule has 0 fully saturated rings. The zero-order valence-electron chi connectivity index (χ0n) is 9.63. The maximum atomic E-state index is 5.56. The minimum absolute atomic E-state index is 0.527. The second-order valence-corrected chi connectivity index (χ2v) is 5.69.